The van der Waals surface area contributed by atoms with Gasteiger partial charge in [-0.05, 0) is 27.3 Å². The topological polar surface area (TPSA) is 47.3 Å². The van der Waals surface area contributed by atoms with Crippen molar-refractivity contribution in [3.63, 3.8) is 0 Å². The normalized spacial score (nSPS) is 17.4. The largest absolute Gasteiger partial charge is 0.441 e. The minimum absolute atomic E-state index is 0.122. The van der Waals surface area contributed by atoms with Gasteiger partial charge in [-0.1, -0.05) is 6.92 Å². The van der Waals surface area contributed by atoms with Crippen LogP contribution >= 0.6 is 0 Å². The molecule has 1 aromatic heterocycles. The quantitative estimate of drug-likeness (QED) is 0.813. The SMILES string of the molecule is CCC(C)(OC)c1cnc(C(C)NC)o1. The van der Waals surface area contributed by atoms with Crippen LogP contribution in [0.3, 0.4) is 0 Å². The predicted octanol–water partition coefficient (Wildman–Crippen LogP) is 2.23. The van der Waals surface area contributed by atoms with Gasteiger partial charge < -0.3 is 14.5 Å². The van der Waals surface area contributed by atoms with Crippen LogP contribution in [0.15, 0.2) is 10.6 Å². The zero-order valence-corrected chi connectivity index (χ0v) is 10.1. The summed E-state index contributed by atoms with van der Waals surface area (Å²) in [6, 6.07) is 0.122. The Morgan fingerprint density at radius 2 is 2.33 bits per heavy atom. The molecular formula is C11H20N2O2. The first-order valence-electron chi connectivity index (χ1n) is 5.26. The molecule has 1 N–H and O–H groups in total. The number of rotatable bonds is 5. The fraction of sp³-hybridized carbons (Fsp3) is 0.727. The van der Waals surface area contributed by atoms with Crippen LogP contribution in [0.5, 0.6) is 0 Å². The molecule has 0 aromatic carbocycles. The van der Waals surface area contributed by atoms with E-state index in [2.05, 4.69) is 17.2 Å². The predicted molar refractivity (Wildman–Crippen MR) is 58.6 cm³/mol. The highest BCUT2D eigenvalue weighted by molar-refractivity contribution is 5.06. The molecule has 4 heteroatoms. The third-order valence-corrected chi connectivity index (χ3v) is 2.97. The molecule has 0 aliphatic rings. The molecule has 15 heavy (non-hydrogen) atoms. The number of hydrogen-bond donors (Lipinski definition) is 1. The lowest BCUT2D eigenvalue weighted by molar-refractivity contribution is -0.0200. The van der Waals surface area contributed by atoms with Crippen molar-refractivity contribution in [2.75, 3.05) is 14.2 Å². The number of methoxy groups -OCH3 is 1. The van der Waals surface area contributed by atoms with Crippen molar-refractivity contribution in [2.24, 2.45) is 0 Å². The third-order valence-electron chi connectivity index (χ3n) is 2.97. The van der Waals surface area contributed by atoms with Crippen LogP contribution in [0, 0.1) is 0 Å². The lowest BCUT2D eigenvalue weighted by Gasteiger charge is -2.23. The number of hydrogen-bond acceptors (Lipinski definition) is 4. The monoisotopic (exact) mass is 212 g/mol. The number of oxazole rings is 1. The molecule has 0 aliphatic carbocycles. The number of ether oxygens (including phenoxy) is 1. The van der Waals surface area contributed by atoms with Crippen molar-refractivity contribution in [3.8, 4) is 0 Å². The summed E-state index contributed by atoms with van der Waals surface area (Å²) in [6.45, 7) is 6.07. The maximum absolute atomic E-state index is 5.68. The lowest BCUT2D eigenvalue weighted by atomic mass is 10.0. The molecular weight excluding hydrogens is 192 g/mol. The van der Waals surface area contributed by atoms with Gasteiger partial charge in [0.1, 0.15) is 5.60 Å². The molecule has 0 spiro atoms. The lowest BCUT2D eigenvalue weighted by Crippen LogP contribution is -2.22. The Labute approximate surface area is 91.0 Å². The summed E-state index contributed by atoms with van der Waals surface area (Å²) < 4.78 is 11.1. The molecule has 2 atom stereocenters. The average Bonchev–Trinajstić information content (AvgIpc) is 2.76. The molecule has 0 amide bonds. The molecule has 4 nitrogen and oxygen atoms in total. The van der Waals surface area contributed by atoms with Gasteiger partial charge in [-0.15, -0.1) is 0 Å². The van der Waals surface area contributed by atoms with Crippen molar-refractivity contribution in [2.45, 2.75) is 38.8 Å². The molecule has 0 bridgehead atoms. The summed E-state index contributed by atoms with van der Waals surface area (Å²) in [5, 5.41) is 3.08. The van der Waals surface area contributed by atoms with Crippen LogP contribution in [0.2, 0.25) is 0 Å². The number of aromatic nitrogens is 1. The number of nitrogens with one attached hydrogen (secondary N) is 1. The van der Waals surface area contributed by atoms with Crippen molar-refractivity contribution in [3.05, 3.63) is 17.8 Å². The Morgan fingerprint density at radius 1 is 1.67 bits per heavy atom. The van der Waals surface area contributed by atoms with E-state index in [4.69, 9.17) is 9.15 Å². The first-order chi connectivity index (χ1) is 7.07. The van der Waals surface area contributed by atoms with Crippen LogP contribution in [-0.2, 0) is 10.3 Å². The summed E-state index contributed by atoms with van der Waals surface area (Å²) in [5.74, 6) is 1.48. The summed E-state index contributed by atoms with van der Waals surface area (Å²) in [7, 11) is 3.57. The second-order valence-corrected chi connectivity index (χ2v) is 3.86. The Hall–Kier alpha value is -0.870. The Bertz CT molecular complexity index is 305. The maximum atomic E-state index is 5.68. The molecule has 0 saturated heterocycles. The average molecular weight is 212 g/mol. The Morgan fingerprint density at radius 3 is 2.80 bits per heavy atom. The Balaban J connectivity index is 2.92. The molecule has 1 aromatic rings. The van der Waals surface area contributed by atoms with Crippen LogP contribution in [0.25, 0.3) is 0 Å². The van der Waals surface area contributed by atoms with Crippen molar-refractivity contribution in [1.82, 2.24) is 10.3 Å². The second-order valence-electron chi connectivity index (χ2n) is 3.86. The molecule has 1 rings (SSSR count). The van der Waals surface area contributed by atoms with Crippen LogP contribution in [0.1, 0.15) is 44.9 Å². The van der Waals surface area contributed by atoms with Crippen molar-refractivity contribution < 1.29 is 9.15 Å². The van der Waals surface area contributed by atoms with Gasteiger partial charge in [0.05, 0.1) is 12.2 Å². The van der Waals surface area contributed by atoms with Gasteiger partial charge in [-0.3, -0.25) is 0 Å². The van der Waals surface area contributed by atoms with E-state index in [9.17, 15) is 0 Å². The van der Waals surface area contributed by atoms with E-state index in [1.54, 1.807) is 13.3 Å². The van der Waals surface area contributed by atoms with E-state index in [1.165, 1.54) is 0 Å². The minimum Gasteiger partial charge on any atom is -0.441 e. The Kier molecular flexibility index (Phi) is 3.88. The number of nitrogens with zero attached hydrogens (tertiary/aromatic N) is 1. The fourth-order valence-corrected chi connectivity index (χ4v) is 1.27. The zero-order valence-electron chi connectivity index (χ0n) is 10.1. The van der Waals surface area contributed by atoms with Crippen molar-refractivity contribution >= 4 is 0 Å². The first-order valence-corrected chi connectivity index (χ1v) is 5.26. The fourth-order valence-electron chi connectivity index (χ4n) is 1.27. The van der Waals surface area contributed by atoms with Crippen LogP contribution in [-0.4, -0.2) is 19.1 Å². The van der Waals surface area contributed by atoms with Gasteiger partial charge >= 0.3 is 0 Å². The first kappa shape index (κ1) is 12.2. The highest BCUT2D eigenvalue weighted by Gasteiger charge is 2.29. The smallest absolute Gasteiger partial charge is 0.211 e. The van der Waals surface area contributed by atoms with Crippen LogP contribution < -0.4 is 5.32 Å². The van der Waals surface area contributed by atoms with Gasteiger partial charge in [0, 0.05) is 7.11 Å². The molecule has 86 valence electrons. The van der Waals surface area contributed by atoms with Crippen molar-refractivity contribution in [1.29, 1.82) is 0 Å². The summed E-state index contributed by atoms with van der Waals surface area (Å²) in [5.41, 5.74) is -0.376. The third kappa shape index (κ3) is 2.38. The van der Waals surface area contributed by atoms with Gasteiger partial charge in [-0.25, -0.2) is 4.98 Å². The molecule has 1 heterocycles. The molecule has 0 radical (unpaired) electrons. The minimum atomic E-state index is -0.376. The van der Waals surface area contributed by atoms with E-state index in [-0.39, 0.29) is 11.6 Å². The molecule has 0 saturated carbocycles. The van der Waals surface area contributed by atoms with E-state index in [0.29, 0.717) is 5.89 Å². The molecule has 0 fully saturated rings. The van der Waals surface area contributed by atoms with Gasteiger partial charge in [0.25, 0.3) is 0 Å². The summed E-state index contributed by atoms with van der Waals surface area (Å²) in [4.78, 5) is 4.24. The van der Waals surface area contributed by atoms with E-state index < -0.39 is 0 Å². The highest BCUT2D eigenvalue weighted by atomic mass is 16.5. The van der Waals surface area contributed by atoms with E-state index in [0.717, 1.165) is 12.2 Å². The van der Waals surface area contributed by atoms with Crippen LogP contribution in [0.4, 0.5) is 0 Å². The van der Waals surface area contributed by atoms with Gasteiger partial charge in [-0.2, -0.15) is 0 Å². The highest BCUT2D eigenvalue weighted by Crippen LogP contribution is 2.29. The zero-order chi connectivity index (χ0) is 11.5. The second kappa shape index (κ2) is 4.77. The maximum Gasteiger partial charge on any atom is 0.211 e. The summed E-state index contributed by atoms with van der Waals surface area (Å²) in [6.07, 6.45) is 2.60. The molecule has 0 aliphatic heterocycles. The summed E-state index contributed by atoms with van der Waals surface area (Å²) >= 11 is 0. The van der Waals surface area contributed by atoms with E-state index in [1.807, 2.05) is 20.9 Å². The van der Waals surface area contributed by atoms with Gasteiger partial charge in [0.15, 0.2) is 5.76 Å². The van der Waals surface area contributed by atoms with E-state index >= 15 is 0 Å². The van der Waals surface area contributed by atoms with Gasteiger partial charge in [0.2, 0.25) is 5.89 Å². The standard InChI is InChI=1S/C11H20N2O2/c1-6-11(3,14-5)9-7-13-10(15-9)8(2)12-4/h7-8,12H,6H2,1-5H3. The molecule has 2 unspecified atom stereocenters.